The van der Waals surface area contributed by atoms with E-state index in [1.54, 1.807) is 0 Å². The first-order valence-corrected chi connectivity index (χ1v) is 9.60. The topological polar surface area (TPSA) is 51.0 Å². The molecule has 3 heterocycles. The van der Waals surface area contributed by atoms with Crippen LogP contribution in [0.25, 0.3) is 0 Å². The summed E-state index contributed by atoms with van der Waals surface area (Å²) in [4.78, 5) is 24.6. The van der Waals surface area contributed by atoms with E-state index < -0.39 is 0 Å². The Labute approximate surface area is 146 Å². The number of hydrogen-bond acceptors (Lipinski definition) is 4. The number of carbonyl (C=O) groups excluding carboxylic acids is 1. The molecule has 2 aliphatic rings. The van der Waals surface area contributed by atoms with Crippen LogP contribution in [0.5, 0.6) is 0 Å². The predicted octanol–water partition coefficient (Wildman–Crippen LogP) is 3.30. The van der Waals surface area contributed by atoms with E-state index in [0.29, 0.717) is 11.8 Å². The Morgan fingerprint density at radius 3 is 2.75 bits per heavy atom. The smallest absolute Gasteiger partial charge is 0.265 e. The molecule has 1 amide bonds. The van der Waals surface area contributed by atoms with Crippen molar-refractivity contribution in [1.82, 2.24) is 19.4 Å². The molecular weight excluding hydrogens is 320 g/mol. The molecule has 6 heteroatoms. The van der Waals surface area contributed by atoms with E-state index in [9.17, 15) is 4.79 Å². The number of carbonyl (C=O) groups is 1. The third-order valence-corrected chi connectivity index (χ3v) is 6.20. The normalized spacial score (nSPS) is 20.8. The van der Waals surface area contributed by atoms with Crippen molar-refractivity contribution in [3.63, 3.8) is 0 Å². The van der Waals surface area contributed by atoms with E-state index in [2.05, 4.69) is 21.5 Å². The van der Waals surface area contributed by atoms with Gasteiger partial charge in [-0.3, -0.25) is 4.79 Å². The van der Waals surface area contributed by atoms with Gasteiger partial charge in [0.05, 0.1) is 10.7 Å². The van der Waals surface area contributed by atoms with E-state index >= 15 is 0 Å². The number of imidazole rings is 1. The Morgan fingerprint density at radius 2 is 2.08 bits per heavy atom. The van der Waals surface area contributed by atoms with E-state index in [0.717, 1.165) is 41.6 Å². The van der Waals surface area contributed by atoms with Crippen molar-refractivity contribution in [3.8, 4) is 0 Å². The summed E-state index contributed by atoms with van der Waals surface area (Å²) >= 11 is 1.52. The Morgan fingerprint density at radius 1 is 1.29 bits per heavy atom. The average Bonchev–Trinajstić information content (AvgIpc) is 3.02. The minimum Gasteiger partial charge on any atom is -0.338 e. The van der Waals surface area contributed by atoms with Crippen LogP contribution in [0.1, 0.15) is 57.1 Å². The number of likely N-dealkylation sites (tertiary alicyclic amines) is 1. The SMILES string of the molecule is Cc1nc(C)c(C(=O)N2CCC(Cn3c(C)cnc3C3CC3)C2)s1. The van der Waals surface area contributed by atoms with Crippen LogP contribution < -0.4 is 0 Å². The van der Waals surface area contributed by atoms with Gasteiger partial charge in [0.2, 0.25) is 0 Å². The van der Waals surface area contributed by atoms with Crippen LogP contribution in [0.4, 0.5) is 0 Å². The zero-order valence-corrected chi connectivity index (χ0v) is 15.4. The van der Waals surface area contributed by atoms with Crippen molar-refractivity contribution in [3.05, 3.63) is 33.3 Å². The molecule has 1 aliphatic carbocycles. The van der Waals surface area contributed by atoms with Gasteiger partial charge in [0, 0.05) is 37.4 Å². The molecule has 1 saturated carbocycles. The van der Waals surface area contributed by atoms with Gasteiger partial charge in [-0.05, 0) is 46.0 Å². The fourth-order valence-corrected chi connectivity index (χ4v) is 4.57. The van der Waals surface area contributed by atoms with Gasteiger partial charge in [-0.15, -0.1) is 11.3 Å². The number of thiazole rings is 1. The summed E-state index contributed by atoms with van der Waals surface area (Å²) in [5.74, 6) is 2.60. The van der Waals surface area contributed by atoms with Crippen LogP contribution in [0.3, 0.4) is 0 Å². The number of aryl methyl sites for hydroxylation is 3. The highest BCUT2D eigenvalue weighted by Crippen LogP contribution is 2.40. The number of amides is 1. The van der Waals surface area contributed by atoms with Crippen LogP contribution >= 0.6 is 11.3 Å². The number of nitrogens with zero attached hydrogens (tertiary/aromatic N) is 4. The summed E-state index contributed by atoms with van der Waals surface area (Å²) in [6.07, 6.45) is 5.62. The van der Waals surface area contributed by atoms with Gasteiger partial charge in [0.1, 0.15) is 10.7 Å². The molecule has 24 heavy (non-hydrogen) atoms. The van der Waals surface area contributed by atoms with Crippen molar-refractivity contribution in [2.75, 3.05) is 13.1 Å². The van der Waals surface area contributed by atoms with Crippen LogP contribution in [0.15, 0.2) is 6.20 Å². The van der Waals surface area contributed by atoms with Gasteiger partial charge < -0.3 is 9.47 Å². The molecule has 0 radical (unpaired) electrons. The lowest BCUT2D eigenvalue weighted by atomic mass is 10.1. The molecule has 128 valence electrons. The maximum Gasteiger partial charge on any atom is 0.265 e. The van der Waals surface area contributed by atoms with Crippen molar-refractivity contribution in [2.24, 2.45) is 5.92 Å². The zero-order chi connectivity index (χ0) is 16.8. The van der Waals surface area contributed by atoms with Gasteiger partial charge in [-0.2, -0.15) is 0 Å². The molecule has 1 saturated heterocycles. The van der Waals surface area contributed by atoms with Gasteiger partial charge >= 0.3 is 0 Å². The molecule has 1 aliphatic heterocycles. The van der Waals surface area contributed by atoms with Crippen molar-refractivity contribution in [2.45, 2.75) is 52.5 Å². The van der Waals surface area contributed by atoms with Gasteiger partial charge in [-0.25, -0.2) is 9.97 Å². The maximum absolute atomic E-state index is 12.8. The highest BCUT2D eigenvalue weighted by Gasteiger charge is 2.32. The Bertz CT molecular complexity index is 774. The molecule has 2 aromatic rings. The molecule has 5 nitrogen and oxygen atoms in total. The van der Waals surface area contributed by atoms with Crippen LogP contribution in [0, 0.1) is 26.7 Å². The second-order valence-electron chi connectivity index (χ2n) is 7.20. The highest BCUT2D eigenvalue weighted by molar-refractivity contribution is 7.13. The summed E-state index contributed by atoms with van der Waals surface area (Å²) in [7, 11) is 0. The van der Waals surface area contributed by atoms with Gasteiger partial charge in [0.25, 0.3) is 5.91 Å². The third kappa shape index (κ3) is 2.88. The highest BCUT2D eigenvalue weighted by atomic mass is 32.1. The summed E-state index contributed by atoms with van der Waals surface area (Å²) < 4.78 is 2.39. The Balaban J connectivity index is 1.44. The Kier molecular flexibility index (Phi) is 3.95. The monoisotopic (exact) mass is 344 g/mol. The summed E-state index contributed by atoms with van der Waals surface area (Å²) in [5, 5.41) is 0.967. The first-order chi connectivity index (χ1) is 11.5. The first-order valence-electron chi connectivity index (χ1n) is 8.78. The lowest BCUT2D eigenvalue weighted by Crippen LogP contribution is -2.29. The molecule has 0 aromatic carbocycles. The van der Waals surface area contributed by atoms with E-state index in [4.69, 9.17) is 0 Å². The van der Waals surface area contributed by atoms with E-state index in [-0.39, 0.29) is 5.91 Å². The zero-order valence-electron chi connectivity index (χ0n) is 14.6. The van der Waals surface area contributed by atoms with Crippen LogP contribution in [-0.2, 0) is 6.54 Å². The summed E-state index contributed by atoms with van der Waals surface area (Å²) in [6, 6.07) is 0. The van der Waals surface area contributed by atoms with Crippen LogP contribution in [-0.4, -0.2) is 38.4 Å². The number of rotatable bonds is 4. The Hall–Kier alpha value is -1.69. The lowest BCUT2D eigenvalue weighted by molar-refractivity contribution is 0.0789. The minimum atomic E-state index is 0.158. The molecule has 2 aromatic heterocycles. The van der Waals surface area contributed by atoms with Crippen LogP contribution in [0.2, 0.25) is 0 Å². The quantitative estimate of drug-likeness (QED) is 0.855. The fourth-order valence-electron chi connectivity index (χ4n) is 3.68. The largest absolute Gasteiger partial charge is 0.338 e. The molecular formula is C18H24N4OS. The standard InChI is InChI=1S/C18H24N4OS/c1-11-8-19-17(15-4-5-15)22(11)10-14-6-7-21(9-14)18(23)16-12(2)20-13(3)24-16/h8,14-15H,4-7,9-10H2,1-3H3. The molecule has 4 rings (SSSR count). The van der Waals surface area contributed by atoms with Gasteiger partial charge in [0.15, 0.2) is 0 Å². The molecule has 0 bridgehead atoms. The summed E-state index contributed by atoms with van der Waals surface area (Å²) in [6.45, 7) is 8.72. The van der Waals surface area contributed by atoms with E-state index in [1.165, 1.54) is 35.7 Å². The first kappa shape index (κ1) is 15.8. The third-order valence-electron chi connectivity index (χ3n) is 5.14. The predicted molar refractivity (Wildman–Crippen MR) is 94.5 cm³/mol. The average molecular weight is 344 g/mol. The lowest BCUT2D eigenvalue weighted by Gasteiger charge is -2.17. The van der Waals surface area contributed by atoms with Crippen molar-refractivity contribution in [1.29, 1.82) is 0 Å². The van der Waals surface area contributed by atoms with Crippen molar-refractivity contribution >= 4 is 17.2 Å². The second kappa shape index (κ2) is 5.99. The summed E-state index contributed by atoms with van der Waals surface area (Å²) in [5.41, 5.74) is 2.11. The number of hydrogen-bond donors (Lipinski definition) is 0. The van der Waals surface area contributed by atoms with Crippen molar-refractivity contribution < 1.29 is 4.79 Å². The molecule has 1 atom stereocenters. The molecule has 2 fully saturated rings. The van der Waals surface area contributed by atoms with E-state index in [1.807, 2.05) is 24.9 Å². The molecule has 0 spiro atoms. The fraction of sp³-hybridized carbons (Fsp3) is 0.611. The molecule has 0 N–H and O–H groups in total. The number of aromatic nitrogens is 3. The second-order valence-corrected chi connectivity index (χ2v) is 8.40. The minimum absolute atomic E-state index is 0.158. The molecule has 1 unspecified atom stereocenters. The maximum atomic E-state index is 12.8. The van der Waals surface area contributed by atoms with Gasteiger partial charge in [-0.1, -0.05) is 0 Å².